The Bertz CT molecular complexity index is 598. The van der Waals surface area contributed by atoms with Crippen LogP contribution in [0.2, 0.25) is 0 Å². The van der Waals surface area contributed by atoms with Crippen LogP contribution in [0.3, 0.4) is 0 Å². The average molecular weight is 244 g/mol. The lowest BCUT2D eigenvalue weighted by molar-refractivity contribution is 0.481. The first-order valence-corrected chi connectivity index (χ1v) is 5.57. The number of hydrogen-bond acceptors (Lipinski definition) is 3. The fraction of sp³-hybridized carbons (Fsp3) is 0.214. The lowest BCUT2D eigenvalue weighted by Gasteiger charge is -2.19. The zero-order chi connectivity index (χ0) is 13.1. The first-order valence-electron chi connectivity index (χ1n) is 5.57. The lowest BCUT2D eigenvalue weighted by atomic mass is 10.1. The van der Waals surface area contributed by atoms with Crippen molar-refractivity contribution in [3.05, 3.63) is 53.2 Å². The summed E-state index contributed by atoms with van der Waals surface area (Å²) >= 11 is 0. The highest BCUT2D eigenvalue weighted by molar-refractivity contribution is 5.59. The number of anilines is 1. The summed E-state index contributed by atoms with van der Waals surface area (Å²) < 4.78 is 18.9. The van der Waals surface area contributed by atoms with Crippen LogP contribution >= 0.6 is 0 Å². The Kier molecular flexibility index (Phi) is 3.33. The van der Waals surface area contributed by atoms with Crippen LogP contribution in [-0.4, -0.2) is 7.05 Å². The molecule has 0 fully saturated rings. The Hall–Kier alpha value is -2.28. The fourth-order valence-corrected chi connectivity index (χ4v) is 1.83. The van der Waals surface area contributed by atoms with Gasteiger partial charge in [0.15, 0.2) is 0 Å². The van der Waals surface area contributed by atoms with Gasteiger partial charge in [0.1, 0.15) is 29.0 Å². The third-order valence-electron chi connectivity index (χ3n) is 2.70. The van der Waals surface area contributed by atoms with Gasteiger partial charge in [-0.2, -0.15) is 5.26 Å². The zero-order valence-corrected chi connectivity index (χ0v) is 10.3. The van der Waals surface area contributed by atoms with Gasteiger partial charge in [-0.3, -0.25) is 0 Å². The summed E-state index contributed by atoms with van der Waals surface area (Å²) in [5, 5.41) is 8.98. The van der Waals surface area contributed by atoms with Crippen molar-refractivity contribution >= 4 is 5.69 Å². The maximum absolute atomic E-state index is 13.5. The minimum atomic E-state index is -0.502. The molecule has 0 aliphatic heterocycles. The van der Waals surface area contributed by atoms with Crippen molar-refractivity contribution in [1.29, 1.82) is 5.26 Å². The largest absolute Gasteiger partial charge is 0.464 e. The molecule has 2 aromatic rings. The minimum absolute atomic E-state index is 0.0586. The van der Waals surface area contributed by atoms with Crippen LogP contribution in [0.15, 0.2) is 34.7 Å². The highest BCUT2D eigenvalue weighted by atomic mass is 19.1. The Morgan fingerprint density at radius 1 is 1.33 bits per heavy atom. The SMILES string of the molecule is Cc1ccc(CN(C)c2cccc(F)c2C#N)o1. The summed E-state index contributed by atoms with van der Waals surface area (Å²) in [6, 6.07) is 10.2. The van der Waals surface area contributed by atoms with Gasteiger partial charge in [0, 0.05) is 7.05 Å². The Morgan fingerprint density at radius 2 is 2.11 bits per heavy atom. The zero-order valence-electron chi connectivity index (χ0n) is 10.3. The van der Waals surface area contributed by atoms with Crippen molar-refractivity contribution in [2.24, 2.45) is 0 Å². The van der Waals surface area contributed by atoms with Gasteiger partial charge in [-0.05, 0) is 31.2 Å². The van der Waals surface area contributed by atoms with Gasteiger partial charge in [0.05, 0.1) is 12.2 Å². The predicted octanol–water partition coefficient (Wildman–Crippen LogP) is 3.24. The van der Waals surface area contributed by atoms with Gasteiger partial charge in [-0.25, -0.2) is 4.39 Å². The van der Waals surface area contributed by atoms with Crippen LogP contribution in [0.5, 0.6) is 0 Å². The Balaban J connectivity index is 2.27. The van der Waals surface area contributed by atoms with E-state index in [9.17, 15) is 4.39 Å². The first-order chi connectivity index (χ1) is 8.61. The van der Waals surface area contributed by atoms with E-state index in [2.05, 4.69) is 0 Å². The molecule has 92 valence electrons. The number of rotatable bonds is 3. The maximum atomic E-state index is 13.5. The van der Waals surface area contributed by atoms with Gasteiger partial charge in [-0.15, -0.1) is 0 Å². The summed E-state index contributed by atoms with van der Waals surface area (Å²) in [5.74, 6) is 1.11. The predicted molar refractivity (Wildman–Crippen MR) is 66.7 cm³/mol. The van der Waals surface area contributed by atoms with E-state index in [-0.39, 0.29) is 5.56 Å². The summed E-state index contributed by atoms with van der Waals surface area (Å²) in [6.07, 6.45) is 0. The van der Waals surface area contributed by atoms with E-state index in [0.29, 0.717) is 12.2 Å². The molecule has 0 saturated carbocycles. The first kappa shape index (κ1) is 12.2. The standard InChI is InChI=1S/C14H13FN2O/c1-10-6-7-11(18-10)9-17(2)14-5-3-4-13(15)12(14)8-16/h3-7H,9H2,1-2H3. The molecular formula is C14H13FN2O. The molecular weight excluding hydrogens is 231 g/mol. The molecule has 2 rings (SSSR count). The summed E-state index contributed by atoms with van der Waals surface area (Å²) in [4.78, 5) is 1.79. The number of nitriles is 1. The number of aryl methyl sites for hydroxylation is 1. The van der Waals surface area contributed by atoms with E-state index in [0.717, 1.165) is 11.5 Å². The van der Waals surface area contributed by atoms with Crippen LogP contribution in [0.4, 0.5) is 10.1 Å². The van der Waals surface area contributed by atoms with E-state index in [4.69, 9.17) is 9.68 Å². The second-order valence-electron chi connectivity index (χ2n) is 4.11. The molecule has 0 unspecified atom stereocenters. The van der Waals surface area contributed by atoms with Crippen LogP contribution < -0.4 is 4.90 Å². The van der Waals surface area contributed by atoms with Crippen molar-refractivity contribution in [2.45, 2.75) is 13.5 Å². The fourth-order valence-electron chi connectivity index (χ4n) is 1.83. The molecule has 0 saturated heterocycles. The van der Waals surface area contributed by atoms with Crippen LogP contribution in [-0.2, 0) is 6.54 Å². The Morgan fingerprint density at radius 3 is 2.72 bits per heavy atom. The smallest absolute Gasteiger partial charge is 0.143 e. The van der Waals surface area contributed by atoms with Crippen molar-refractivity contribution < 1.29 is 8.81 Å². The molecule has 0 spiro atoms. The monoisotopic (exact) mass is 244 g/mol. The van der Waals surface area contributed by atoms with Gasteiger partial charge in [0.2, 0.25) is 0 Å². The quantitative estimate of drug-likeness (QED) is 0.832. The molecule has 0 aliphatic carbocycles. The molecule has 3 nitrogen and oxygen atoms in total. The number of hydrogen-bond donors (Lipinski definition) is 0. The molecule has 1 aromatic carbocycles. The topological polar surface area (TPSA) is 40.2 Å². The lowest BCUT2D eigenvalue weighted by Crippen LogP contribution is -2.17. The van der Waals surface area contributed by atoms with Crippen LogP contribution in [0.25, 0.3) is 0 Å². The molecule has 0 atom stereocenters. The van der Waals surface area contributed by atoms with Crippen molar-refractivity contribution in [3.63, 3.8) is 0 Å². The maximum Gasteiger partial charge on any atom is 0.143 e. The molecule has 0 bridgehead atoms. The third kappa shape index (κ3) is 2.35. The van der Waals surface area contributed by atoms with E-state index >= 15 is 0 Å². The van der Waals surface area contributed by atoms with Crippen molar-refractivity contribution in [3.8, 4) is 6.07 Å². The van der Waals surface area contributed by atoms with Gasteiger partial charge >= 0.3 is 0 Å². The molecule has 0 N–H and O–H groups in total. The van der Waals surface area contributed by atoms with Crippen molar-refractivity contribution in [1.82, 2.24) is 0 Å². The Labute approximate surface area is 105 Å². The minimum Gasteiger partial charge on any atom is -0.464 e. The molecule has 0 aliphatic rings. The number of benzene rings is 1. The normalized spacial score (nSPS) is 10.1. The molecule has 0 radical (unpaired) electrons. The summed E-state index contributed by atoms with van der Waals surface area (Å²) in [5.41, 5.74) is 0.620. The second-order valence-corrected chi connectivity index (χ2v) is 4.11. The van der Waals surface area contributed by atoms with E-state index in [1.165, 1.54) is 6.07 Å². The van der Waals surface area contributed by atoms with E-state index in [1.54, 1.807) is 24.1 Å². The van der Waals surface area contributed by atoms with E-state index in [1.807, 2.05) is 25.1 Å². The molecule has 0 amide bonds. The summed E-state index contributed by atoms with van der Waals surface area (Å²) in [7, 11) is 1.80. The number of furan rings is 1. The second kappa shape index (κ2) is 4.92. The molecule has 1 heterocycles. The van der Waals surface area contributed by atoms with E-state index < -0.39 is 5.82 Å². The third-order valence-corrected chi connectivity index (χ3v) is 2.70. The molecule has 4 heteroatoms. The summed E-state index contributed by atoms with van der Waals surface area (Å²) in [6.45, 7) is 2.36. The molecule has 18 heavy (non-hydrogen) atoms. The van der Waals surface area contributed by atoms with Crippen LogP contribution in [0, 0.1) is 24.1 Å². The number of halogens is 1. The van der Waals surface area contributed by atoms with Gasteiger partial charge in [-0.1, -0.05) is 6.07 Å². The average Bonchev–Trinajstić information content (AvgIpc) is 2.74. The van der Waals surface area contributed by atoms with Gasteiger partial charge in [0.25, 0.3) is 0 Å². The highest BCUT2D eigenvalue weighted by Crippen LogP contribution is 2.23. The van der Waals surface area contributed by atoms with Crippen LogP contribution in [0.1, 0.15) is 17.1 Å². The van der Waals surface area contributed by atoms with Gasteiger partial charge < -0.3 is 9.32 Å². The molecule has 1 aromatic heterocycles. The number of nitrogens with zero attached hydrogens (tertiary/aromatic N) is 2. The van der Waals surface area contributed by atoms with Crippen molar-refractivity contribution in [2.75, 3.05) is 11.9 Å². The highest BCUT2D eigenvalue weighted by Gasteiger charge is 2.12.